The maximum atomic E-state index is 13.0. The van der Waals surface area contributed by atoms with Crippen molar-refractivity contribution in [2.45, 2.75) is 20.3 Å². The molecule has 0 radical (unpaired) electrons. The van der Waals surface area contributed by atoms with Gasteiger partial charge in [0.1, 0.15) is 5.82 Å². The van der Waals surface area contributed by atoms with Crippen LogP contribution in [0.2, 0.25) is 0 Å². The summed E-state index contributed by atoms with van der Waals surface area (Å²) in [5.41, 5.74) is 1.57. The molecule has 1 amide bonds. The van der Waals surface area contributed by atoms with Gasteiger partial charge in [0.05, 0.1) is 0 Å². The van der Waals surface area contributed by atoms with Crippen LogP contribution < -0.4 is 5.32 Å². The largest absolute Gasteiger partial charge is 0.473 e. The number of likely N-dealkylation sites (N-methyl/N-ethyl adjacent to an activating group) is 1. The van der Waals surface area contributed by atoms with Crippen LogP contribution in [0.5, 0.6) is 0 Å². The monoisotopic (exact) mass is 354 g/mol. The van der Waals surface area contributed by atoms with Crippen LogP contribution in [0.25, 0.3) is 0 Å². The van der Waals surface area contributed by atoms with Gasteiger partial charge < -0.3 is 15.5 Å². The number of carboxylic acids is 2. The lowest BCUT2D eigenvalue weighted by Crippen LogP contribution is -2.29. The van der Waals surface area contributed by atoms with Gasteiger partial charge in [-0.2, -0.15) is 0 Å². The van der Waals surface area contributed by atoms with Gasteiger partial charge in [0, 0.05) is 25.2 Å². The summed E-state index contributed by atoms with van der Waals surface area (Å²) in [7, 11) is 0. The molecule has 0 aliphatic carbocycles. The maximum absolute atomic E-state index is 13.0. The Morgan fingerprint density at radius 3 is 2.28 bits per heavy atom. The molecule has 0 saturated carbocycles. The van der Waals surface area contributed by atoms with E-state index in [0.717, 1.165) is 18.7 Å². The van der Waals surface area contributed by atoms with Gasteiger partial charge >= 0.3 is 11.9 Å². The van der Waals surface area contributed by atoms with Crippen molar-refractivity contribution in [1.29, 1.82) is 0 Å². The maximum Gasteiger partial charge on any atom is 0.414 e. The number of nitrogens with zero attached hydrogens (tertiary/aromatic N) is 1. The van der Waals surface area contributed by atoms with E-state index in [4.69, 9.17) is 19.8 Å². The summed E-state index contributed by atoms with van der Waals surface area (Å²) in [4.78, 5) is 32.1. The minimum absolute atomic E-state index is 0.106. The second-order valence-corrected chi connectivity index (χ2v) is 5.24. The van der Waals surface area contributed by atoms with Crippen LogP contribution >= 0.6 is 0 Å². The number of hydrogen-bond acceptors (Lipinski definition) is 4. The van der Waals surface area contributed by atoms with Gasteiger partial charge in [-0.1, -0.05) is 25.1 Å². The molecule has 25 heavy (non-hydrogen) atoms. The molecule has 0 spiro atoms. The molecule has 0 bridgehead atoms. The smallest absolute Gasteiger partial charge is 0.414 e. The van der Waals surface area contributed by atoms with Gasteiger partial charge in [0.25, 0.3) is 0 Å². The van der Waals surface area contributed by atoms with Crippen molar-refractivity contribution in [1.82, 2.24) is 4.90 Å². The number of amides is 1. The zero-order valence-electron chi connectivity index (χ0n) is 14.3. The predicted octanol–water partition coefficient (Wildman–Crippen LogP) is 2.21. The summed E-state index contributed by atoms with van der Waals surface area (Å²) < 4.78 is 13.0. The molecule has 1 aromatic rings. The van der Waals surface area contributed by atoms with Gasteiger partial charge in [-0.25, -0.2) is 14.0 Å². The Morgan fingerprint density at radius 1 is 1.24 bits per heavy atom. The van der Waals surface area contributed by atoms with Gasteiger partial charge in [0.2, 0.25) is 5.91 Å². The summed E-state index contributed by atoms with van der Waals surface area (Å²) in [6, 6.07) is 5.90. The number of halogens is 1. The topological polar surface area (TPSA) is 107 Å². The molecule has 1 aromatic carbocycles. The van der Waals surface area contributed by atoms with Crippen LogP contribution in [0.3, 0.4) is 0 Å². The highest BCUT2D eigenvalue weighted by Gasteiger charge is 2.07. The predicted molar refractivity (Wildman–Crippen MR) is 91.8 cm³/mol. The van der Waals surface area contributed by atoms with Crippen molar-refractivity contribution in [2.75, 3.05) is 25.0 Å². The van der Waals surface area contributed by atoms with E-state index in [9.17, 15) is 9.18 Å². The van der Waals surface area contributed by atoms with Crippen molar-refractivity contribution in [3.8, 4) is 0 Å². The third-order valence-electron chi connectivity index (χ3n) is 2.89. The number of nitrogens with one attached hydrogen (secondary N) is 1. The van der Waals surface area contributed by atoms with Gasteiger partial charge in [-0.15, -0.1) is 0 Å². The van der Waals surface area contributed by atoms with Crippen LogP contribution in [0.4, 0.5) is 10.1 Å². The number of carboxylic acid groups (broad SMARTS) is 2. The Hall–Kier alpha value is -2.74. The molecule has 0 fully saturated rings. The van der Waals surface area contributed by atoms with E-state index in [0.29, 0.717) is 18.7 Å². The number of aliphatic carboxylic acids is 2. The molecule has 7 nitrogen and oxygen atoms in total. The second kappa shape index (κ2) is 11.7. The number of carbonyl (C=O) groups is 3. The third-order valence-corrected chi connectivity index (χ3v) is 2.89. The van der Waals surface area contributed by atoms with Crippen molar-refractivity contribution in [3.05, 3.63) is 42.2 Å². The van der Waals surface area contributed by atoms with E-state index in [2.05, 4.69) is 16.8 Å². The first-order chi connectivity index (χ1) is 11.6. The summed E-state index contributed by atoms with van der Waals surface area (Å²) in [6.45, 7) is 10.2. The molecule has 0 unspecified atom stereocenters. The van der Waals surface area contributed by atoms with Crippen LogP contribution in [-0.2, 0) is 14.4 Å². The van der Waals surface area contributed by atoms with Crippen LogP contribution in [-0.4, -0.2) is 52.6 Å². The van der Waals surface area contributed by atoms with E-state index in [1.165, 1.54) is 12.1 Å². The van der Waals surface area contributed by atoms with E-state index in [1.54, 1.807) is 12.1 Å². The molecule has 0 aliphatic heterocycles. The minimum atomic E-state index is -1.82. The first kappa shape index (κ1) is 22.3. The molecule has 138 valence electrons. The molecule has 0 aromatic heterocycles. The molecular formula is C17H23FN2O5. The zero-order chi connectivity index (χ0) is 19.4. The van der Waals surface area contributed by atoms with Crippen LogP contribution in [0, 0.1) is 5.82 Å². The molecular weight excluding hydrogens is 331 g/mol. The molecule has 0 atom stereocenters. The Labute approximate surface area is 145 Å². The van der Waals surface area contributed by atoms with Crippen molar-refractivity contribution in [2.24, 2.45) is 0 Å². The zero-order valence-corrected chi connectivity index (χ0v) is 14.3. The van der Waals surface area contributed by atoms with Crippen LogP contribution in [0.1, 0.15) is 20.3 Å². The lowest BCUT2D eigenvalue weighted by atomic mass is 10.2. The minimum Gasteiger partial charge on any atom is -0.473 e. The molecule has 1 rings (SSSR count). The Kier molecular flexibility index (Phi) is 10.5. The van der Waals surface area contributed by atoms with E-state index in [1.807, 2.05) is 13.8 Å². The fraction of sp³-hybridized carbons (Fsp3) is 0.353. The third kappa shape index (κ3) is 11.4. The Balaban J connectivity index is 0.000000823. The highest BCUT2D eigenvalue weighted by Crippen LogP contribution is 2.09. The first-order valence-electron chi connectivity index (χ1n) is 7.54. The molecule has 8 heteroatoms. The van der Waals surface area contributed by atoms with E-state index < -0.39 is 11.9 Å². The van der Waals surface area contributed by atoms with Crippen molar-refractivity contribution in [3.63, 3.8) is 0 Å². The lowest BCUT2D eigenvalue weighted by Gasteiger charge is -2.19. The van der Waals surface area contributed by atoms with Gasteiger partial charge in [0.15, 0.2) is 0 Å². The average molecular weight is 354 g/mol. The summed E-state index contributed by atoms with van der Waals surface area (Å²) >= 11 is 0. The summed E-state index contributed by atoms with van der Waals surface area (Å²) in [5, 5.41) is 17.5. The SMILES string of the molecule is C=C(C)CN(CC)CCC(=O)Nc1cccc(F)c1.O=C(O)C(=O)O. The molecule has 3 N–H and O–H groups in total. The molecule has 0 heterocycles. The second-order valence-electron chi connectivity index (χ2n) is 5.24. The first-order valence-corrected chi connectivity index (χ1v) is 7.54. The van der Waals surface area contributed by atoms with E-state index >= 15 is 0 Å². The average Bonchev–Trinajstić information content (AvgIpc) is 2.51. The van der Waals surface area contributed by atoms with Crippen LogP contribution in [0.15, 0.2) is 36.4 Å². The highest BCUT2D eigenvalue weighted by atomic mass is 19.1. The van der Waals surface area contributed by atoms with Crippen molar-refractivity contribution < 1.29 is 29.0 Å². The lowest BCUT2D eigenvalue weighted by molar-refractivity contribution is -0.159. The summed E-state index contributed by atoms with van der Waals surface area (Å²) in [6.07, 6.45) is 0.387. The fourth-order valence-corrected chi connectivity index (χ4v) is 1.78. The Morgan fingerprint density at radius 2 is 1.84 bits per heavy atom. The number of benzene rings is 1. The fourth-order valence-electron chi connectivity index (χ4n) is 1.78. The highest BCUT2D eigenvalue weighted by molar-refractivity contribution is 6.27. The quantitative estimate of drug-likeness (QED) is 0.512. The van der Waals surface area contributed by atoms with E-state index in [-0.39, 0.29) is 11.7 Å². The molecule has 0 aliphatic rings. The number of rotatable bonds is 7. The Bertz CT molecular complexity index is 607. The summed E-state index contributed by atoms with van der Waals surface area (Å²) in [5.74, 6) is -4.11. The van der Waals surface area contributed by atoms with Crippen molar-refractivity contribution >= 4 is 23.5 Å². The number of anilines is 1. The van der Waals surface area contributed by atoms with Gasteiger partial charge in [-0.05, 0) is 31.7 Å². The standard InChI is InChI=1S/C15H21FN2O.C2H2O4/c1-4-18(11-12(2)3)9-8-15(19)17-14-7-5-6-13(16)10-14;3-1(4)2(5)6/h5-7,10H,2,4,8-9,11H2,1,3H3,(H,17,19);(H,3,4)(H,5,6). The number of carbonyl (C=O) groups excluding carboxylic acids is 1. The van der Waals surface area contributed by atoms with Gasteiger partial charge in [-0.3, -0.25) is 9.69 Å². The normalized spacial score (nSPS) is 9.76. The molecule has 0 saturated heterocycles. The number of hydrogen-bond donors (Lipinski definition) is 3.